The third-order valence-corrected chi connectivity index (χ3v) is 6.13. The van der Waals surface area contributed by atoms with Crippen LogP contribution in [0.5, 0.6) is 0 Å². The van der Waals surface area contributed by atoms with Crippen LogP contribution in [0, 0.1) is 34.0 Å². The van der Waals surface area contributed by atoms with Gasteiger partial charge in [0.05, 0.1) is 19.3 Å². The van der Waals surface area contributed by atoms with E-state index < -0.39 is 17.1 Å². The largest absolute Gasteiger partial charge is 0.347 e. The van der Waals surface area contributed by atoms with Crippen LogP contribution in [0.15, 0.2) is 0 Å². The van der Waals surface area contributed by atoms with Crippen molar-refractivity contribution in [3.8, 4) is 6.07 Å². The number of Topliss-reactive ketones (excluding diaryl/α,β-unsaturated/α-hetero) is 1. The maximum absolute atomic E-state index is 12.7. The van der Waals surface area contributed by atoms with Gasteiger partial charge in [-0.1, -0.05) is 20.8 Å². The third kappa shape index (κ3) is 1.57. The summed E-state index contributed by atoms with van der Waals surface area (Å²) < 4.78 is 12.0. The topological polar surface area (TPSA) is 59.3 Å². The SMILES string of the molecule is CC1(C)[C@@H]2CCC(C#N)C(=O)[C@@]2(C)CCC12OCCO2. The molecule has 3 rings (SSSR count). The van der Waals surface area contributed by atoms with Gasteiger partial charge in [-0.15, -0.1) is 0 Å². The molecule has 4 nitrogen and oxygen atoms in total. The smallest absolute Gasteiger partial charge is 0.173 e. The molecule has 1 unspecified atom stereocenters. The number of hydrogen-bond donors (Lipinski definition) is 0. The van der Waals surface area contributed by atoms with Gasteiger partial charge in [0, 0.05) is 17.3 Å². The van der Waals surface area contributed by atoms with Crippen LogP contribution >= 0.6 is 0 Å². The Kier molecular flexibility index (Phi) is 3.01. The Hall–Kier alpha value is -0.920. The Morgan fingerprint density at radius 1 is 1.15 bits per heavy atom. The van der Waals surface area contributed by atoms with Crippen molar-refractivity contribution < 1.29 is 14.3 Å². The van der Waals surface area contributed by atoms with E-state index in [9.17, 15) is 10.1 Å². The van der Waals surface area contributed by atoms with Gasteiger partial charge in [0.1, 0.15) is 5.92 Å². The molecule has 1 spiro atoms. The average molecular weight is 277 g/mol. The molecule has 1 heterocycles. The molecule has 2 saturated carbocycles. The molecule has 110 valence electrons. The van der Waals surface area contributed by atoms with E-state index in [1.54, 1.807) is 0 Å². The Bertz CT molecular complexity index is 473. The fraction of sp³-hybridized carbons (Fsp3) is 0.875. The normalized spacial score (nSPS) is 42.2. The number of carbonyl (C=O) groups excluding carboxylic acids is 1. The standard InChI is InChI=1S/C16H23NO3/c1-14(2)12-5-4-11(10-17)13(18)15(12,3)6-7-16(14)19-8-9-20-16/h11-12H,4-9H2,1-3H3/t11?,12-,15-/m0/s1. The lowest BCUT2D eigenvalue weighted by atomic mass is 9.48. The Balaban J connectivity index is 1.98. The van der Waals surface area contributed by atoms with Gasteiger partial charge in [0.2, 0.25) is 0 Å². The Morgan fingerprint density at radius 3 is 2.40 bits per heavy atom. The zero-order valence-electron chi connectivity index (χ0n) is 12.6. The van der Waals surface area contributed by atoms with E-state index in [0.29, 0.717) is 19.6 Å². The highest BCUT2D eigenvalue weighted by atomic mass is 16.7. The molecular weight excluding hydrogens is 254 g/mol. The lowest BCUT2D eigenvalue weighted by molar-refractivity contribution is -0.283. The van der Waals surface area contributed by atoms with E-state index in [1.807, 2.05) is 6.92 Å². The molecule has 0 bridgehead atoms. The molecule has 20 heavy (non-hydrogen) atoms. The maximum atomic E-state index is 12.7. The van der Waals surface area contributed by atoms with E-state index >= 15 is 0 Å². The van der Waals surface area contributed by atoms with Crippen LogP contribution in [0.4, 0.5) is 0 Å². The molecule has 4 heteroatoms. The second kappa shape index (κ2) is 4.29. The minimum atomic E-state index is -0.531. The number of rotatable bonds is 0. The van der Waals surface area contributed by atoms with Crippen LogP contribution < -0.4 is 0 Å². The van der Waals surface area contributed by atoms with Crippen LogP contribution in [0.25, 0.3) is 0 Å². The highest BCUT2D eigenvalue weighted by molar-refractivity contribution is 5.90. The van der Waals surface area contributed by atoms with Crippen molar-refractivity contribution in [2.45, 2.75) is 52.2 Å². The lowest BCUT2D eigenvalue weighted by Gasteiger charge is -2.59. The summed E-state index contributed by atoms with van der Waals surface area (Å²) in [4.78, 5) is 12.7. The van der Waals surface area contributed by atoms with Gasteiger partial charge in [-0.05, 0) is 25.2 Å². The van der Waals surface area contributed by atoms with Crippen molar-refractivity contribution in [2.24, 2.45) is 22.7 Å². The predicted octanol–water partition coefficient (Wildman–Crippen LogP) is 2.67. The minimum absolute atomic E-state index is 0.136. The Labute approximate surface area is 120 Å². The molecular formula is C16H23NO3. The molecule has 0 amide bonds. The highest BCUT2D eigenvalue weighted by Gasteiger charge is 2.65. The maximum Gasteiger partial charge on any atom is 0.173 e. The van der Waals surface area contributed by atoms with Gasteiger partial charge >= 0.3 is 0 Å². The van der Waals surface area contributed by atoms with Crippen molar-refractivity contribution in [3.63, 3.8) is 0 Å². The molecule has 1 aliphatic heterocycles. The number of ketones is 1. The lowest BCUT2D eigenvalue weighted by Crippen LogP contribution is -2.62. The summed E-state index contributed by atoms with van der Waals surface area (Å²) in [7, 11) is 0. The number of ether oxygens (including phenoxy) is 2. The zero-order chi connectivity index (χ0) is 14.6. The molecule has 3 fully saturated rings. The van der Waals surface area contributed by atoms with E-state index in [-0.39, 0.29) is 17.1 Å². The second-order valence-electron chi connectivity index (χ2n) is 7.26. The fourth-order valence-corrected chi connectivity index (χ4v) is 4.91. The predicted molar refractivity (Wildman–Crippen MR) is 72.6 cm³/mol. The molecule has 3 atom stereocenters. The van der Waals surface area contributed by atoms with Gasteiger partial charge in [-0.25, -0.2) is 0 Å². The zero-order valence-corrected chi connectivity index (χ0v) is 12.6. The summed E-state index contributed by atoms with van der Waals surface area (Å²) >= 11 is 0. The number of nitriles is 1. The number of carbonyl (C=O) groups is 1. The van der Waals surface area contributed by atoms with Crippen LogP contribution in [0.3, 0.4) is 0 Å². The van der Waals surface area contributed by atoms with Crippen molar-refractivity contribution in [1.82, 2.24) is 0 Å². The van der Waals surface area contributed by atoms with E-state index in [2.05, 4.69) is 19.9 Å². The summed E-state index contributed by atoms with van der Waals surface area (Å²) in [6, 6.07) is 2.19. The second-order valence-corrected chi connectivity index (χ2v) is 7.26. The van der Waals surface area contributed by atoms with E-state index in [4.69, 9.17) is 9.47 Å². The molecule has 0 radical (unpaired) electrons. The van der Waals surface area contributed by atoms with E-state index in [1.165, 1.54) is 0 Å². The molecule has 1 saturated heterocycles. The number of hydrogen-bond acceptors (Lipinski definition) is 4. The van der Waals surface area contributed by atoms with Crippen LogP contribution in [-0.4, -0.2) is 24.8 Å². The van der Waals surface area contributed by atoms with Crippen LogP contribution in [0.1, 0.15) is 46.5 Å². The number of fused-ring (bicyclic) bond motifs is 1. The van der Waals surface area contributed by atoms with Crippen molar-refractivity contribution in [1.29, 1.82) is 5.26 Å². The first-order chi connectivity index (χ1) is 9.37. The summed E-state index contributed by atoms with van der Waals surface area (Å²) in [5, 5.41) is 9.18. The average Bonchev–Trinajstić information content (AvgIpc) is 2.88. The molecule has 0 aromatic rings. The fourth-order valence-electron chi connectivity index (χ4n) is 4.91. The molecule has 3 aliphatic rings. The minimum Gasteiger partial charge on any atom is -0.347 e. The van der Waals surface area contributed by atoms with Crippen molar-refractivity contribution >= 4 is 5.78 Å². The molecule has 2 aliphatic carbocycles. The van der Waals surface area contributed by atoms with Crippen molar-refractivity contribution in [3.05, 3.63) is 0 Å². The van der Waals surface area contributed by atoms with Gasteiger partial charge in [-0.3, -0.25) is 4.79 Å². The summed E-state index contributed by atoms with van der Waals surface area (Å²) in [6.07, 6.45) is 3.09. The highest BCUT2D eigenvalue weighted by Crippen LogP contribution is 2.62. The third-order valence-electron chi connectivity index (χ3n) is 6.13. The monoisotopic (exact) mass is 277 g/mol. The quantitative estimate of drug-likeness (QED) is 0.683. The van der Waals surface area contributed by atoms with Crippen LogP contribution in [-0.2, 0) is 14.3 Å². The summed E-state index contributed by atoms with van der Waals surface area (Å²) in [5.74, 6) is -0.598. The van der Waals surface area contributed by atoms with Gasteiger partial charge in [0.15, 0.2) is 11.6 Å². The summed E-state index contributed by atoms with van der Waals surface area (Å²) in [6.45, 7) is 7.66. The first kappa shape index (κ1) is 14.0. The number of nitrogens with zero attached hydrogens (tertiary/aromatic N) is 1. The molecule has 0 N–H and O–H groups in total. The van der Waals surface area contributed by atoms with Gasteiger partial charge in [0.25, 0.3) is 0 Å². The molecule has 0 aromatic heterocycles. The van der Waals surface area contributed by atoms with Crippen molar-refractivity contribution in [2.75, 3.05) is 13.2 Å². The Morgan fingerprint density at radius 2 is 1.80 bits per heavy atom. The molecule has 0 aromatic carbocycles. The van der Waals surface area contributed by atoms with Gasteiger partial charge in [-0.2, -0.15) is 5.26 Å². The van der Waals surface area contributed by atoms with Gasteiger partial charge < -0.3 is 9.47 Å². The van der Waals surface area contributed by atoms with Crippen LogP contribution in [0.2, 0.25) is 0 Å². The first-order valence-electron chi connectivity index (χ1n) is 7.59. The summed E-state index contributed by atoms with van der Waals surface area (Å²) in [5.41, 5.74) is -0.602. The first-order valence-corrected chi connectivity index (χ1v) is 7.59. The van der Waals surface area contributed by atoms with E-state index in [0.717, 1.165) is 19.3 Å².